The van der Waals surface area contributed by atoms with Crippen LogP contribution in [0.1, 0.15) is 49.1 Å². The van der Waals surface area contributed by atoms with Crippen molar-refractivity contribution >= 4 is 0 Å². The molecule has 3 aromatic rings. The molecule has 0 aliphatic carbocycles. The second-order valence-corrected chi connectivity index (χ2v) is 6.73. The molecule has 0 amide bonds. The zero-order valence-electron chi connectivity index (χ0n) is 15.8. The highest BCUT2D eigenvalue weighted by atomic mass is 15.1. The standard InChI is InChI=1S/C23H25N3/c1-4-9-19-13-17(3)14-20(10-5-2)22(19)26-16-21(15-24)25-23(26)18-11-7-6-8-12-18/h6-8,11-14,16H,4-5,9-10H2,1-3H3. The summed E-state index contributed by atoms with van der Waals surface area (Å²) in [7, 11) is 0. The Labute approximate surface area is 155 Å². The van der Waals surface area contributed by atoms with E-state index in [0.29, 0.717) is 5.69 Å². The van der Waals surface area contributed by atoms with E-state index in [0.717, 1.165) is 37.1 Å². The van der Waals surface area contributed by atoms with E-state index in [4.69, 9.17) is 0 Å². The molecule has 0 bridgehead atoms. The maximum absolute atomic E-state index is 9.43. The molecule has 132 valence electrons. The monoisotopic (exact) mass is 343 g/mol. The number of aryl methyl sites for hydroxylation is 3. The summed E-state index contributed by atoms with van der Waals surface area (Å²) in [5, 5.41) is 9.43. The molecule has 0 spiro atoms. The van der Waals surface area contributed by atoms with Gasteiger partial charge in [-0.3, -0.25) is 4.57 Å². The van der Waals surface area contributed by atoms with Gasteiger partial charge in [0.1, 0.15) is 11.9 Å². The summed E-state index contributed by atoms with van der Waals surface area (Å²) in [5.41, 5.74) is 6.63. The average molecular weight is 343 g/mol. The molecule has 0 atom stereocenters. The van der Waals surface area contributed by atoms with Crippen molar-refractivity contribution in [2.75, 3.05) is 0 Å². The van der Waals surface area contributed by atoms with Crippen molar-refractivity contribution in [1.82, 2.24) is 9.55 Å². The minimum Gasteiger partial charge on any atom is -0.298 e. The second kappa shape index (κ2) is 8.01. The Balaban J connectivity index is 2.29. The lowest BCUT2D eigenvalue weighted by Gasteiger charge is -2.19. The van der Waals surface area contributed by atoms with Gasteiger partial charge in [-0.1, -0.05) is 74.7 Å². The third kappa shape index (κ3) is 3.55. The Bertz CT molecular complexity index is 903. The third-order valence-corrected chi connectivity index (χ3v) is 4.54. The highest BCUT2D eigenvalue weighted by Crippen LogP contribution is 2.30. The fraction of sp³-hybridized carbons (Fsp3) is 0.304. The molecular formula is C23H25N3. The quantitative estimate of drug-likeness (QED) is 0.582. The Hall–Kier alpha value is -2.86. The fourth-order valence-corrected chi connectivity index (χ4v) is 3.56. The van der Waals surface area contributed by atoms with Crippen LogP contribution >= 0.6 is 0 Å². The number of nitrogens with zero attached hydrogens (tertiary/aromatic N) is 3. The van der Waals surface area contributed by atoms with Crippen LogP contribution < -0.4 is 0 Å². The van der Waals surface area contributed by atoms with E-state index in [9.17, 15) is 5.26 Å². The molecular weight excluding hydrogens is 318 g/mol. The van der Waals surface area contributed by atoms with Crippen molar-refractivity contribution < 1.29 is 0 Å². The summed E-state index contributed by atoms with van der Waals surface area (Å²) in [6, 6.07) is 16.9. The van der Waals surface area contributed by atoms with Crippen molar-refractivity contribution in [3.63, 3.8) is 0 Å². The van der Waals surface area contributed by atoms with E-state index in [2.05, 4.69) is 48.5 Å². The van der Waals surface area contributed by atoms with E-state index < -0.39 is 0 Å². The van der Waals surface area contributed by atoms with Crippen LogP contribution in [0.15, 0.2) is 48.7 Å². The number of nitriles is 1. The summed E-state index contributed by atoms with van der Waals surface area (Å²) in [4.78, 5) is 4.60. The third-order valence-electron chi connectivity index (χ3n) is 4.54. The van der Waals surface area contributed by atoms with Gasteiger partial charge in [0.2, 0.25) is 0 Å². The van der Waals surface area contributed by atoms with Crippen molar-refractivity contribution in [2.24, 2.45) is 0 Å². The van der Waals surface area contributed by atoms with Crippen LogP contribution in [0.25, 0.3) is 17.1 Å². The minimum absolute atomic E-state index is 0.453. The Morgan fingerprint density at radius 2 is 1.62 bits per heavy atom. The normalized spacial score (nSPS) is 10.7. The molecule has 0 saturated heterocycles. The van der Waals surface area contributed by atoms with Crippen LogP contribution in [-0.4, -0.2) is 9.55 Å². The van der Waals surface area contributed by atoms with Gasteiger partial charge in [-0.05, 0) is 30.9 Å². The van der Waals surface area contributed by atoms with Crippen molar-refractivity contribution in [3.8, 4) is 23.1 Å². The number of imidazole rings is 1. The lowest BCUT2D eigenvalue weighted by molar-refractivity contribution is 0.861. The molecule has 0 N–H and O–H groups in total. The van der Waals surface area contributed by atoms with Crippen LogP contribution in [0.5, 0.6) is 0 Å². The molecule has 3 rings (SSSR count). The molecule has 0 saturated carbocycles. The molecule has 1 aromatic heterocycles. The molecule has 3 nitrogen and oxygen atoms in total. The number of hydrogen-bond acceptors (Lipinski definition) is 2. The van der Waals surface area contributed by atoms with Crippen molar-refractivity contribution in [2.45, 2.75) is 46.5 Å². The number of hydrogen-bond donors (Lipinski definition) is 0. The SMILES string of the molecule is CCCc1cc(C)cc(CCC)c1-n1cc(C#N)nc1-c1ccccc1. The number of benzene rings is 2. The summed E-state index contributed by atoms with van der Waals surface area (Å²) >= 11 is 0. The maximum Gasteiger partial charge on any atom is 0.159 e. The van der Waals surface area contributed by atoms with Crippen LogP contribution in [-0.2, 0) is 12.8 Å². The molecule has 0 unspecified atom stereocenters. The summed E-state index contributed by atoms with van der Waals surface area (Å²) in [5.74, 6) is 0.834. The molecule has 26 heavy (non-hydrogen) atoms. The first-order chi connectivity index (χ1) is 12.7. The number of rotatable bonds is 6. The fourth-order valence-electron chi connectivity index (χ4n) is 3.56. The number of aromatic nitrogens is 2. The zero-order valence-corrected chi connectivity index (χ0v) is 15.8. The predicted molar refractivity (Wildman–Crippen MR) is 106 cm³/mol. The zero-order chi connectivity index (χ0) is 18.5. The highest BCUT2D eigenvalue weighted by Gasteiger charge is 2.17. The molecule has 1 heterocycles. The first-order valence-electron chi connectivity index (χ1n) is 9.35. The Kier molecular flexibility index (Phi) is 5.53. The van der Waals surface area contributed by atoms with Crippen LogP contribution in [0.3, 0.4) is 0 Å². The maximum atomic E-state index is 9.43. The van der Waals surface area contributed by atoms with E-state index in [1.54, 1.807) is 0 Å². The smallest absolute Gasteiger partial charge is 0.159 e. The van der Waals surface area contributed by atoms with E-state index in [1.807, 2.05) is 36.5 Å². The van der Waals surface area contributed by atoms with Gasteiger partial charge < -0.3 is 0 Å². The van der Waals surface area contributed by atoms with Crippen LogP contribution in [0.4, 0.5) is 0 Å². The van der Waals surface area contributed by atoms with Crippen LogP contribution in [0.2, 0.25) is 0 Å². The van der Waals surface area contributed by atoms with Gasteiger partial charge in [-0.25, -0.2) is 4.98 Å². The molecule has 3 heteroatoms. The average Bonchev–Trinajstić information content (AvgIpc) is 3.07. The van der Waals surface area contributed by atoms with E-state index >= 15 is 0 Å². The van der Waals surface area contributed by atoms with Gasteiger partial charge in [0, 0.05) is 11.8 Å². The Morgan fingerprint density at radius 1 is 1.00 bits per heavy atom. The molecule has 0 aliphatic heterocycles. The second-order valence-electron chi connectivity index (χ2n) is 6.73. The summed E-state index contributed by atoms with van der Waals surface area (Å²) < 4.78 is 2.13. The van der Waals surface area contributed by atoms with Gasteiger partial charge in [0.15, 0.2) is 5.69 Å². The van der Waals surface area contributed by atoms with Gasteiger partial charge in [-0.15, -0.1) is 0 Å². The van der Waals surface area contributed by atoms with E-state index in [-0.39, 0.29) is 0 Å². The molecule has 0 radical (unpaired) electrons. The first kappa shape index (κ1) is 17.9. The lowest BCUT2D eigenvalue weighted by atomic mass is 9.97. The van der Waals surface area contributed by atoms with Gasteiger partial charge in [0.25, 0.3) is 0 Å². The van der Waals surface area contributed by atoms with Crippen LogP contribution in [0, 0.1) is 18.3 Å². The molecule has 0 fully saturated rings. The van der Waals surface area contributed by atoms with Crippen molar-refractivity contribution in [3.05, 3.63) is 71.0 Å². The van der Waals surface area contributed by atoms with Gasteiger partial charge in [-0.2, -0.15) is 5.26 Å². The molecule has 2 aromatic carbocycles. The van der Waals surface area contributed by atoms with Gasteiger partial charge in [0.05, 0.1) is 5.69 Å². The topological polar surface area (TPSA) is 41.6 Å². The minimum atomic E-state index is 0.453. The van der Waals surface area contributed by atoms with Gasteiger partial charge >= 0.3 is 0 Å². The lowest BCUT2D eigenvalue weighted by Crippen LogP contribution is -2.06. The molecule has 0 aliphatic rings. The summed E-state index contributed by atoms with van der Waals surface area (Å²) in [6.07, 6.45) is 6.08. The Morgan fingerprint density at radius 3 is 2.15 bits per heavy atom. The van der Waals surface area contributed by atoms with Crippen molar-refractivity contribution in [1.29, 1.82) is 5.26 Å². The largest absolute Gasteiger partial charge is 0.298 e. The predicted octanol–water partition coefficient (Wildman–Crippen LogP) is 5.62. The summed E-state index contributed by atoms with van der Waals surface area (Å²) in [6.45, 7) is 6.57. The highest BCUT2D eigenvalue weighted by molar-refractivity contribution is 5.63. The van der Waals surface area contributed by atoms with E-state index in [1.165, 1.54) is 22.4 Å². The first-order valence-corrected chi connectivity index (χ1v) is 9.35.